The van der Waals surface area contributed by atoms with Gasteiger partial charge in [0, 0.05) is 11.1 Å². The SMILES string of the molecule is CC(C)(O)CCc1ccc(C(=O)N[C@H]2COc3ccccc32)cc1. The van der Waals surface area contributed by atoms with E-state index in [1.54, 1.807) is 13.8 Å². The number of aryl methyl sites for hydroxylation is 1. The third-order valence-electron chi connectivity index (χ3n) is 4.25. The summed E-state index contributed by atoms with van der Waals surface area (Å²) >= 11 is 0. The van der Waals surface area contributed by atoms with E-state index in [4.69, 9.17) is 4.74 Å². The molecule has 2 aromatic carbocycles. The highest BCUT2D eigenvalue weighted by Gasteiger charge is 2.25. The lowest BCUT2D eigenvalue weighted by Gasteiger charge is -2.16. The highest BCUT2D eigenvalue weighted by atomic mass is 16.5. The Kier molecular flexibility index (Phi) is 4.58. The van der Waals surface area contributed by atoms with Crippen molar-refractivity contribution in [1.82, 2.24) is 5.32 Å². The molecule has 2 aromatic rings. The zero-order valence-electron chi connectivity index (χ0n) is 14.1. The molecule has 4 nitrogen and oxygen atoms in total. The van der Waals surface area contributed by atoms with E-state index >= 15 is 0 Å². The Morgan fingerprint density at radius 2 is 1.92 bits per heavy atom. The van der Waals surface area contributed by atoms with Gasteiger partial charge in [-0.2, -0.15) is 0 Å². The van der Waals surface area contributed by atoms with Crippen molar-refractivity contribution in [2.75, 3.05) is 6.61 Å². The van der Waals surface area contributed by atoms with Gasteiger partial charge < -0.3 is 15.2 Å². The molecule has 0 spiro atoms. The summed E-state index contributed by atoms with van der Waals surface area (Å²) in [5.74, 6) is 0.735. The summed E-state index contributed by atoms with van der Waals surface area (Å²) in [4.78, 5) is 12.4. The highest BCUT2D eigenvalue weighted by Crippen LogP contribution is 2.31. The van der Waals surface area contributed by atoms with Crippen LogP contribution >= 0.6 is 0 Å². The van der Waals surface area contributed by atoms with Gasteiger partial charge in [0.05, 0.1) is 11.6 Å². The van der Waals surface area contributed by atoms with E-state index in [9.17, 15) is 9.90 Å². The number of amides is 1. The van der Waals surface area contributed by atoms with E-state index < -0.39 is 5.60 Å². The molecular weight excluding hydrogens is 302 g/mol. The van der Waals surface area contributed by atoms with Crippen molar-refractivity contribution >= 4 is 5.91 Å². The second-order valence-corrected chi connectivity index (χ2v) is 6.88. The van der Waals surface area contributed by atoms with Crippen molar-refractivity contribution < 1.29 is 14.6 Å². The molecule has 0 unspecified atom stereocenters. The van der Waals surface area contributed by atoms with Gasteiger partial charge in [0.25, 0.3) is 5.91 Å². The molecule has 1 aliphatic heterocycles. The lowest BCUT2D eigenvalue weighted by Crippen LogP contribution is -2.29. The minimum Gasteiger partial charge on any atom is -0.491 e. The Balaban J connectivity index is 1.62. The topological polar surface area (TPSA) is 58.6 Å². The Labute approximate surface area is 142 Å². The fraction of sp³-hybridized carbons (Fsp3) is 0.350. The summed E-state index contributed by atoms with van der Waals surface area (Å²) in [7, 11) is 0. The van der Waals surface area contributed by atoms with Gasteiger partial charge in [-0.3, -0.25) is 4.79 Å². The molecule has 2 N–H and O–H groups in total. The van der Waals surface area contributed by atoms with E-state index in [0.717, 1.165) is 23.3 Å². The molecule has 0 radical (unpaired) electrons. The van der Waals surface area contributed by atoms with E-state index in [2.05, 4.69) is 5.32 Å². The molecule has 0 aliphatic carbocycles. The van der Waals surface area contributed by atoms with Crippen molar-refractivity contribution in [3.05, 3.63) is 65.2 Å². The lowest BCUT2D eigenvalue weighted by molar-refractivity contribution is 0.0713. The van der Waals surface area contributed by atoms with Crippen molar-refractivity contribution in [3.63, 3.8) is 0 Å². The van der Waals surface area contributed by atoms with Gasteiger partial charge in [-0.15, -0.1) is 0 Å². The predicted molar refractivity (Wildman–Crippen MR) is 93.2 cm³/mol. The van der Waals surface area contributed by atoms with Gasteiger partial charge in [0.2, 0.25) is 0 Å². The number of para-hydroxylation sites is 1. The first-order valence-corrected chi connectivity index (χ1v) is 8.26. The molecule has 1 heterocycles. The summed E-state index contributed by atoms with van der Waals surface area (Å²) in [6.45, 7) is 4.07. The van der Waals surface area contributed by atoms with E-state index in [1.807, 2.05) is 48.5 Å². The quantitative estimate of drug-likeness (QED) is 0.887. The molecule has 0 saturated heterocycles. The van der Waals surface area contributed by atoms with Gasteiger partial charge in [-0.1, -0.05) is 30.3 Å². The fourth-order valence-corrected chi connectivity index (χ4v) is 2.80. The average Bonchev–Trinajstić information content (AvgIpc) is 2.96. The normalized spacial score (nSPS) is 16.4. The van der Waals surface area contributed by atoms with E-state index in [-0.39, 0.29) is 11.9 Å². The van der Waals surface area contributed by atoms with Gasteiger partial charge >= 0.3 is 0 Å². The number of fused-ring (bicyclic) bond motifs is 1. The van der Waals surface area contributed by atoms with Crippen LogP contribution in [0.3, 0.4) is 0 Å². The number of aliphatic hydroxyl groups is 1. The van der Waals surface area contributed by atoms with E-state index in [0.29, 0.717) is 18.6 Å². The van der Waals surface area contributed by atoms with Crippen LogP contribution < -0.4 is 10.1 Å². The Bertz CT molecular complexity index is 716. The first-order chi connectivity index (χ1) is 11.4. The zero-order valence-corrected chi connectivity index (χ0v) is 14.1. The van der Waals surface area contributed by atoms with Crippen LogP contribution in [0.15, 0.2) is 48.5 Å². The standard InChI is InChI=1S/C20H23NO3/c1-20(2,23)12-11-14-7-9-15(10-8-14)19(22)21-17-13-24-18-6-4-3-5-16(17)18/h3-10,17,23H,11-13H2,1-2H3,(H,21,22)/t17-/m0/s1. The Hall–Kier alpha value is -2.33. The number of rotatable bonds is 5. The number of nitrogens with one attached hydrogen (secondary N) is 1. The van der Waals surface area contributed by atoms with Crippen LogP contribution in [0.2, 0.25) is 0 Å². The smallest absolute Gasteiger partial charge is 0.251 e. The molecule has 0 bridgehead atoms. The molecule has 3 rings (SSSR count). The van der Waals surface area contributed by atoms with Gasteiger partial charge in [0.15, 0.2) is 0 Å². The monoisotopic (exact) mass is 325 g/mol. The number of carbonyl (C=O) groups excluding carboxylic acids is 1. The zero-order chi connectivity index (χ0) is 17.2. The average molecular weight is 325 g/mol. The molecular formula is C20H23NO3. The van der Waals surface area contributed by atoms with Gasteiger partial charge in [-0.25, -0.2) is 0 Å². The van der Waals surface area contributed by atoms with Gasteiger partial charge in [0.1, 0.15) is 12.4 Å². The minimum atomic E-state index is -0.675. The summed E-state index contributed by atoms with van der Waals surface area (Å²) in [6.07, 6.45) is 1.48. The number of ether oxygens (including phenoxy) is 1. The Morgan fingerprint density at radius 1 is 1.21 bits per heavy atom. The van der Waals surface area contributed by atoms with Crippen LogP contribution in [0, 0.1) is 0 Å². The first kappa shape index (κ1) is 16.5. The molecule has 4 heteroatoms. The first-order valence-electron chi connectivity index (χ1n) is 8.26. The van der Waals surface area contributed by atoms with Crippen LogP contribution in [0.1, 0.15) is 47.8 Å². The second-order valence-electron chi connectivity index (χ2n) is 6.88. The summed E-state index contributed by atoms with van der Waals surface area (Å²) in [5.41, 5.74) is 2.09. The van der Waals surface area contributed by atoms with Crippen molar-refractivity contribution in [2.45, 2.75) is 38.3 Å². The maximum Gasteiger partial charge on any atom is 0.251 e. The number of carbonyl (C=O) groups is 1. The Morgan fingerprint density at radius 3 is 2.62 bits per heavy atom. The number of benzene rings is 2. The molecule has 24 heavy (non-hydrogen) atoms. The van der Waals surface area contributed by atoms with Gasteiger partial charge in [-0.05, 0) is 50.5 Å². The van der Waals surface area contributed by atoms with Crippen LogP contribution in [0.4, 0.5) is 0 Å². The molecule has 126 valence electrons. The van der Waals surface area contributed by atoms with Crippen molar-refractivity contribution in [2.24, 2.45) is 0 Å². The molecule has 1 aliphatic rings. The lowest BCUT2D eigenvalue weighted by atomic mass is 9.98. The largest absolute Gasteiger partial charge is 0.491 e. The molecule has 1 amide bonds. The number of hydrogen-bond donors (Lipinski definition) is 2. The number of hydrogen-bond acceptors (Lipinski definition) is 3. The fourth-order valence-electron chi connectivity index (χ4n) is 2.80. The third kappa shape index (κ3) is 3.95. The van der Waals surface area contributed by atoms with Crippen LogP contribution in [-0.2, 0) is 6.42 Å². The van der Waals surface area contributed by atoms with E-state index in [1.165, 1.54) is 0 Å². The molecule has 1 atom stereocenters. The third-order valence-corrected chi connectivity index (χ3v) is 4.25. The summed E-state index contributed by atoms with van der Waals surface area (Å²) in [5, 5.41) is 12.8. The maximum absolute atomic E-state index is 12.4. The highest BCUT2D eigenvalue weighted by molar-refractivity contribution is 5.94. The molecule has 0 fully saturated rings. The minimum absolute atomic E-state index is 0.102. The summed E-state index contributed by atoms with van der Waals surface area (Å²) < 4.78 is 5.59. The molecule has 0 saturated carbocycles. The van der Waals surface area contributed by atoms with Crippen LogP contribution in [0.25, 0.3) is 0 Å². The predicted octanol–water partition coefficient (Wildman–Crippen LogP) is 3.25. The molecule has 0 aromatic heterocycles. The maximum atomic E-state index is 12.4. The summed E-state index contributed by atoms with van der Waals surface area (Å²) in [6, 6.07) is 15.2. The van der Waals surface area contributed by atoms with Crippen molar-refractivity contribution in [1.29, 1.82) is 0 Å². The van der Waals surface area contributed by atoms with Crippen LogP contribution in [-0.4, -0.2) is 23.2 Å². The second kappa shape index (κ2) is 6.65. The van der Waals surface area contributed by atoms with Crippen LogP contribution in [0.5, 0.6) is 5.75 Å². The van der Waals surface area contributed by atoms with Crippen molar-refractivity contribution in [3.8, 4) is 5.75 Å².